The molecule has 2 aliphatic heterocycles. The number of nitrogens with zero attached hydrogens (tertiary/aromatic N) is 3. The number of carbonyl (C=O) groups is 1. The van der Waals surface area contributed by atoms with Gasteiger partial charge in [-0.05, 0) is 37.3 Å². The van der Waals surface area contributed by atoms with Gasteiger partial charge in [0.1, 0.15) is 5.82 Å². The van der Waals surface area contributed by atoms with Gasteiger partial charge in [0.25, 0.3) is 0 Å². The Morgan fingerprint density at radius 2 is 1.96 bits per heavy atom. The Kier molecular flexibility index (Phi) is 5.91. The number of aromatic nitrogens is 1. The van der Waals surface area contributed by atoms with Crippen LogP contribution in [0.4, 0.5) is 10.6 Å². The van der Waals surface area contributed by atoms with E-state index in [2.05, 4.69) is 21.3 Å². The van der Waals surface area contributed by atoms with Crippen molar-refractivity contribution in [2.75, 3.05) is 31.1 Å². The van der Waals surface area contributed by atoms with Crippen molar-refractivity contribution in [2.24, 2.45) is 0 Å². The normalized spacial score (nSPS) is 22.1. The molecule has 3 heterocycles. The molecule has 1 atom stereocenters. The third kappa shape index (κ3) is 4.60. The molecule has 0 aromatic carbocycles. The van der Waals surface area contributed by atoms with Crippen LogP contribution in [0, 0.1) is 0 Å². The lowest BCUT2D eigenvalue weighted by Crippen LogP contribution is -2.46. The molecule has 24 heavy (non-hydrogen) atoms. The number of amides is 2. The van der Waals surface area contributed by atoms with Crippen LogP contribution in [0.25, 0.3) is 0 Å². The Bertz CT molecular complexity index is 526. The summed E-state index contributed by atoms with van der Waals surface area (Å²) in [5, 5.41) is 12.6. The molecule has 0 radical (unpaired) electrons. The molecule has 3 rings (SSSR count). The largest absolute Gasteiger partial charge is 0.391 e. The van der Waals surface area contributed by atoms with Crippen molar-refractivity contribution >= 4 is 11.8 Å². The quantitative estimate of drug-likeness (QED) is 0.890. The fraction of sp³-hybridized carbons (Fsp3) is 0.667. The van der Waals surface area contributed by atoms with Crippen LogP contribution in [0.3, 0.4) is 0 Å². The molecule has 1 aromatic rings. The van der Waals surface area contributed by atoms with E-state index in [1.165, 1.54) is 25.7 Å². The van der Waals surface area contributed by atoms with Gasteiger partial charge in [0.15, 0.2) is 0 Å². The van der Waals surface area contributed by atoms with Gasteiger partial charge in [0, 0.05) is 38.9 Å². The maximum atomic E-state index is 12.1. The Hall–Kier alpha value is -1.82. The van der Waals surface area contributed by atoms with E-state index in [4.69, 9.17) is 0 Å². The number of pyridine rings is 1. The summed E-state index contributed by atoms with van der Waals surface area (Å²) < 4.78 is 0. The third-order valence-corrected chi connectivity index (χ3v) is 4.87. The van der Waals surface area contributed by atoms with Crippen LogP contribution in [0.2, 0.25) is 0 Å². The van der Waals surface area contributed by atoms with E-state index >= 15 is 0 Å². The highest BCUT2D eigenvalue weighted by Gasteiger charge is 2.21. The first kappa shape index (κ1) is 17.0. The molecule has 0 spiro atoms. The monoisotopic (exact) mass is 332 g/mol. The number of hydrogen-bond acceptors (Lipinski definition) is 4. The zero-order valence-electron chi connectivity index (χ0n) is 14.3. The van der Waals surface area contributed by atoms with Gasteiger partial charge < -0.3 is 20.2 Å². The molecule has 2 N–H and O–H groups in total. The molecular weight excluding hydrogens is 304 g/mol. The van der Waals surface area contributed by atoms with Gasteiger partial charge in [0.2, 0.25) is 0 Å². The maximum Gasteiger partial charge on any atom is 0.317 e. The maximum absolute atomic E-state index is 12.1. The average Bonchev–Trinajstić information content (AvgIpc) is 2.89. The van der Waals surface area contributed by atoms with E-state index in [0.717, 1.165) is 43.9 Å². The van der Waals surface area contributed by atoms with E-state index in [-0.39, 0.29) is 12.1 Å². The Labute approximate surface area is 143 Å². The van der Waals surface area contributed by atoms with Crippen molar-refractivity contribution in [3.05, 3.63) is 23.9 Å². The topological polar surface area (TPSA) is 68.7 Å². The van der Waals surface area contributed by atoms with Crippen molar-refractivity contribution < 1.29 is 9.90 Å². The number of likely N-dealkylation sites (tertiary alicyclic amines) is 1. The average molecular weight is 332 g/mol. The summed E-state index contributed by atoms with van der Waals surface area (Å²) in [5.74, 6) is 1.03. The molecular formula is C18H28N4O2. The molecule has 1 unspecified atom stereocenters. The fourth-order valence-electron chi connectivity index (χ4n) is 3.44. The van der Waals surface area contributed by atoms with Gasteiger partial charge in [-0.1, -0.05) is 18.9 Å². The predicted octanol–water partition coefficient (Wildman–Crippen LogP) is 2.13. The lowest BCUT2D eigenvalue weighted by Gasteiger charge is -2.30. The smallest absolute Gasteiger partial charge is 0.317 e. The Morgan fingerprint density at radius 1 is 1.17 bits per heavy atom. The fourth-order valence-corrected chi connectivity index (χ4v) is 3.44. The van der Waals surface area contributed by atoms with E-state index in [0.29, 0.717) is 13.1 Å². The molecule has 132 valence electrons. The van der Waals surface area contributed by atoms with E-state index in [1.807, 2.05) is 12.3 Å². The number of anilines is 1. The Balaban J connectivity index is 1.49. The third-order valence-electron chi connectivity index (χ3n) is 4.87. The van der Waals surface area contributed by atoms with Gasteiger partial charge in [-0.2, -0.15) is 0 Å². The van der Waals surface area contributed by atoms with Crippen molar-refractivity contribution in [3.8, 4) is 0 Å². The number of aliphatic hydroxyl groups is 1. The molecule has 2 aliphatic rings. The van der Waals surface area contributed by atoms with Crippen molar-refractivity contribution in [2.45, 2.75) is 51.2 Å². The van der Waals surface area contributed by atoms with Crippen LogP contribution >= 0.6 is 0 Å². The summed E-state index contributed by atoms with van der Waals surface area (Å²) in [5.41, 5.74) is 1.000. The second-order valence-electron chi connectivity index (χ2n) is 6.83. The van der Waals surface area contributed by atoms with Gasteiger partial charge in [-0.25, -0.2) is 9.78 Å². The lowest BCUT2D eigenvalue weighted by molar-refractivity contribution is 0.0842. The summed E-state index contributed by atoms with van der Waals surface area (Å²) in [6, 6.07) is 3.99. The number of aliphatic hydroxyl groups excluding tert-OH is 1. The Morgan fingerprint density at radius 3 is 2.62 bits per heavy atom. The van der Waals surface area contributed by atoms with Crippen LogP contribution in [0.1, 0.15) is 44.1 Å². The number of carbonyl (C=O) groups excluding carboxylic acids is 1. The number of piperidine rings is 1. The first-order valence-corrected chi connectivity index (χ1v) is 9.13. The first-order valence-electron chi connectivity index (χ1n) is 9.13. The highest BCUT2D eigenvalue weighted by molar-refractivity contribution is 5.74. The second-order valence-corrected chi connectivity index (χ2v) is 6.83. The standard InChI is InChI=1S/C18H28N4O2/c23-16-6-5-11-22(14-16)18(24)20-13-15-7-8-17(19-12-15)21-9-3-1-2-4-10-21/h7-8,12,16,23H,1-6,9-11,13-14H2,(H,20,24). The molecule has 2 fully saturated rings. The van der Waals surface area contributed by atoms with Crippen LogP contribution in [-0.4, -0.2) is 53.3 Å². The molecule has 1 aromatic heterocycles. The van der Waals surface area contributed by atoms with Crippen LogP contribution in [0.5, 0.6) is 0 Å². The highest BCUT2D eigenvalue weighted by atomic mass is 16.3. The SMILES string of the molecule is O=C(NCc1ccc(N2CCCCCC2)nc1)N1CCCC(O)C1. The van der Waals surface area contributed by atoms with Gasteiger partial charge in [-0.15, -0.1) is 0 Å². The number of nitrogens with one attached hydrogen (secondary N) is 1. The number of hydrogen-bond donors (Lipinski definition) is 2. The predicted molar refractivity (Wildman–Crippen MR) is 94.0 cm³/mol. The van der Waals surface area contributed by atoms with Gasteiger partial charge >= 0.3 is 6.03 Å². The molecule has 0 bridgehead atoms. The van der Waals surface area contributed by atoms with E-state index < -0.39 is 0 Å². The summed E-state index contributed by atoms with van der Waals surface area (Å²) in [6.45, 7) is 3.78. The number of urea groups is 1. The summed E-state index contributed by atoms with van der Waals surface area (Å²) >= 11 is 0. The summed E-state index contributed by atoms with van der Waals surface area (Å²) in [7, 11) is 0. The molecule has 2 saturated heterocycles. The summed E-state index contributed by atoms with van der Waals surface area (Å²) in [6.07, 6.45) is 8.21. The van der Waals surface area contributed by atoms with Crippen LogP contribution in [-0.2, 0) is 6.54 Å². The number of rotatable bonds is 3. The minimum Gasteiger partial charge on any atom is -0.391 e. The lowest BCUT2D eigenvalue weighted by atomic mass is 10.1. The minimum absolute atomic E-state index is 0.106. The molecule has 6 heteroatoms. The van der Waals surface area contributed by atoms with Gasteiger partial charge in [0.05, 0.1) is 6.10 Å². The van der Waals surface area contributed by atoms with E-state index in [9.17, 15) is 9.90 Å². The zero-order chi connectivity index (χ0) is 16.8. The van der Waals surface area contributed by atoms with Crippen LogP contribution < -0.4 is 10.2 Å². The van der Waals surface area contributed by atoms with Crippen molar-refractivity contribution in [1.29, 1.82) is 0 Å². The minimum atomic E-state index is -0.390. The molecule has 6 nitrogen and oxygen atoms in total. The highest BCUT2D eigenvalue weighted by Crippen LogP contribution is 2.17. The second kappa shape index (κ2) is 8.33. The van der Waals surface area contributed by atoms with Crippen LogP contribution in [0.15, 0.2) is 18.3 Å². The number of β-amino-alcohol motifs (C(OH)–C–C–N with tert-alkyl or cyclic N) is 1. The molecule has 2 amide bonds. The summed E-state index contributed by atoms with van der Waals surface area (Å²) in [4.78, 5) is 20.8. The van der Waals surface area contributed by atoms with Crippen molar-refractivity contribution in [3.63, 3.8) is 0 Å². The molecule has 0 saturated carbocycles. The first-order chi connectivity index (χ1) is 11.7. The molecule has 0 aliphatic carbocycles. The van der Waals surface area contributed by atoms with E-state index in [1.54, 1.807) is 4.90 Å². The van der Waals surface area contributed by atoms with Crippen molar-refractivity contribution in [1.82, 2.24) is 15.2 Å². The van der Waals surface area contributed by atoms with Gasteiger partial charge in [-0.3, -0.25) is 0 Å². The zero-order valence-corrected chi connectivity index (χ0v) is 14.3.